The van der Waals surface area contributed by atoms with Crippen LogP contribution in [0, 0.1) is 0 Å². The molecule has 1 unspecified atom stereocenters. The largest absolute Gasteiger partial charge is 0.357 e. The number of benzene rings is 1. The van der Waals surface area contributed by atoms with Crippen molar-refractivity contribution in [3.8, 4) is 0 Å². The number of carbonyl (C=O) groups is 1. The van der Waals surface area contributed by atoms with Gasteiger partial charge in [-0.1, -0.05) is 36.8 Å². The van der Waals surface area contributed by atoms with Crippen LogP contribution in [0.25, 0.3) is 0 Å². The van der Waals surface area contributed by atoms with Gasteiger partial charge < -0.3 is 20.4 Å². The van der Waals surface area contributed by atoms with Crippen LogP contribution in [0.3, 0.4) is 0 Å². The van der Waals surface area contributed by atoms with Crippen molar-refractivity contribution in [2.24, 2.45) is 4.99 Å². The molecular weight excluding hydrogens is 489 g/mol. The van der Waals surface area contributed by atoms with E-state index in [0.29, 0.717) is 25.6 Å². The number of aliphatic imine (C=N–C) groups is 1. The normalized spacial score (nSPS) is 17.2. The first kappa shape index (κ1) is 26.7. The Hall–Kier alpha value is -1.35. The van der Waals surface area contributed by atoms with Gasteiger partial charge in [0.2, 0.25) is 5.91 Å². The third kappa shape index (κ3) is 10.1. The minimum atomic E-state index is 0. The first-order chi connectivity index (χ1) is 14.1. The Balaban J connectivity index is 0.00000450. The Morgan fingerprint density at radius 1 is 1.23 bits per heavy atom. The average molecular weight is 530 g/mol. The predicted octanol–water partition coefficient (Wildman–Crippen LogP) is 3.47. The number of piperidine rings is 1. The standard InChI is InChI=1S/C23H39N5O.HI/c1-4-24-23(25-15-10-18-28-17-9-8-11-20(28)2)26-16-14-22(29)27(3)19-21-12-6-5-7-13-21;/h5-7,12-13,20H,4,8-11,14-19H2,1-3H3,(H2,24,25,26);1H. The highest BCUT2D eigenvalue weighted by Crippen LogP contribution is 2.16. The van der Waals surface area contributed by atoms with Crippen molar-refractivity contribution in [2.45, 2.75) is 58.5 Å². The van der Waals surface area contributed by atoms with E-state index in [-0.39, 0.29) is 29.9 Å². The summed E-state index contributed by atoms with van der Waals surface area (Å²) in [5, 5.41) is 6.57. The molecule has 0 radical (unpaired) electrons. The van der Waals surface area contributed by atoms with Gasteiger partial charge in [-0.05, 0) is 45.2 Å². The molecule has 6 nitrogen and oxygen atoms in total. The van der Waals surface area contributed by atoms with Crippen LogP contribution in [0.2, 0.25) is 0 Å². The Labute approximate surface area is 199 Å². The van der Waals surface area contributed by atoms with Crippen LogP contribution in [0.15, 0.2) is 35.3 Å². The zero-order valence-corrected chi connectivity index (χ0v) is 21.2. The number of hydrogen-bond donors (Lipinski definition) is 2. The van der Waals surface area contributed by atoms with Gasteiger partial charge in [0.15, 0.2) is 5.96 Å². The lowest BCUT2D eigenvalue weighted by atomic mass is 10.0. The molecule has 0 aliphatic carbocycles. The first-order valence-corrected chi connectivity index (χ1v) is 11.1. The van der Waals surface area contributed by atoms with Gasteiger partial charge in [-0.2, -0.15) is 0 Å². The van der Waals surface area contributed by atoms with E-state index >= 15 is 0 Å². The molecule has 1 aromatic carbocycles. The van der Waals surface area contributed by atoms with Crippen molar-refractivity contribution in [2.75, 3.05) is 39.8 Å². The number of nitrogens with one attached hydrogen (secondary N) is 2. The summed E-state index contributed by atoms with van der Waals surface area (Å²) in [5.41, 5.74) is 1.15. The van der Waals surface area contributed by atoms with Crippen LogP contribution in [0.5, 0.6) is 0 Å². The molecule has 0 saturated carbocycles. The molecule has 1 aliphatic rings. The van der Waals surface area contributed by atoms with E-state index in [9.17, 15) is 4.79 Å². The van der Waals surface area contributed by atoms with Crippen LogP contribution in [-0.4, -0.2) is 67.5 Å². The van der Waals surface area contributed by atoms with Crippen LogP contribution in [0.1, 0.15) is 51.5 Å². The Kier molecular flexibility index (Phi) is 13.7. The quantitative estimate of drug-likeness (QED) is 0.211. The smallest absolute Gasteiger partial charge is 0.224 e. The molecule has 1 atom stereocenters. The molecule has 1 fully saturated rings. The number of hydrogen-bond acceptors (Lipinski definition) is 3. The second-order valence-electron chi connectivity index (χ2n) is 7.91. The molecule has 1 saturated heterocycles. The average Bonchev–Trinajstić information content (AvgIpc) is 2.73. The molecule has 2 N–H and O–H groups in total. The van der Waals surface area contributed by atoms with E-state index in [0.717, 1.165) is 37.6 Å². The Morgan fingerprint density at radius 2 is 2.00 bits per heavy atom. The Bertz CT molecular complexity index is 625. The van der Waals surface area contributed by atoms with E-state index in [1.807, 2.05) is 37.4 Å². The third-order valence-electron chi connectivity index (χ3n) is 5.48. The van der Waals surface area contributed by atoms with E-state index < -0.39 is 0 Å². The lowest BCUT2D eigenvalue weighted by Gasteiger charge is -2.33. The van der Waals surface area contributed by atoms with Crippen molar-refractivity contribution in [3.05, 3.63) is 35.9 Å². The summed E-state index contributed by atoms with van der Waals surface area (Å²) in [4.78, 5) is 21.4. The van der Waals surface area contributed by atoms with Crippen molar-refractivity contribution >= 4 is 35.8 Å². The number of rotatable bonds is 10. The van der Waals surface area contributed by atoms with Gasteiger partial charge >= 0.3 is 0 Å². The summed E-state index contributed by atoms with van der Waals surface area (Å²) in [6.45, 7) is 9.59. The highest BCUT2D eigenvalue weighted by atomic mass is 127. The highest BCUT2D eigenvalue weighted by molar-refractivity contribution is 14.0. The molecular formula is C23H40IN5O. The summed E-state index contributed by atoms with van der Waals surface area (Å²) in [6.07, 6.45) is 5.53. The number of carbonyl (C=O) groups excluding carboxylic acids is 1. The molecule has 1 aromatic rings. The van der Waals surface area contributed by atoms with Crippen LogP contribution >= 0.6 is 24.0 Å². The summed E-state index contributed by atoms with van der Waals surface area (Å²) >= 11 is 0. The fourth-order valence-corrected chi connectivity index (χ4v) is 3.72. The van der Waals surface area contributed by atoms with Crippen LogP contribution < -0.4 is 10.6 Å². The first-order valence-electron chi connectivity index (χ1n) is 11.1. The van der Waals surface area contributed by atoms with Gasteiger partial charge in [-0.15, -0.1) is 24.0 Å². The monoisotopic (exact) mass is 529 g/mol. The van der Waals surface area contributed by atoms with Crippen molar-refractivity contribution in [3.63, 3.8) is 0 Å². The molecule has 1 aliphatic heterocycles. The molecule has 30 heavy (non-hydrogen) atoms. The number of likely N-dealkylation sites (tertiary alicyclic amines) is 1. The number of halogens is 1. The van der Waals surface area contributed by atoms with E-state index in [4.69, 9.17) is 0 Å². The summed E-state index contributed by atoms with van der Waals surface area (Å²) in [5.74, 6) is 0.939. The molecule has 7 heteroatoms. The minimum Gasteiger partial charge on any atom is -0.357 e. The van der Waals surface area contributed by atoms with Gasteiger partial charge in [0.25, 0.3) is 0 Å². The van der Waals surface area contributed by atoms with Gasteiger partial charge in [-0.3, -0.25) is 9.79 Å². The Morgan fingerprint density at radius 3 is 2.70 bits per heavy atom. The lowest BCUT2D eigenvalue weighted by molar-refractivity contribution is -0.130. The molecule has 0 spiro atoms. The van der Waals surface area contributed by atoms with Gasteiger partial charge in [0.05, 0.1) is 0 Å². The summed E-state index contributed by atoms with van der Waals surface area (Å²) in [7, 11) is 1.86. The van der Waals surface area contributed by atoms with Gasteiger partial charge in [-0.25, -0.2) is 0 Å². The molecule has 0 aromatic heterocycles. The zero-order chi connectivity index (χ0) is 20.9. The van der Waals surface area contributed by atoms with Crippen molar-refractivity contribution in [1.29, 1.82) is 0 Å². The molecule has 170 valence electrons. The molecule has 1 amide bonds. The number of guanidine groups is 1. The second kappa shape index (κ2) is 15.5. The predicted molar refractivity (Wildman–Crippen MR) is 136 cm³/mol. The van der Waals surface area contributed by atoms with Gasteiger partial charge in [0.1, 0.15) is 0 Å². The highest BCUT2D eigenvalue weighted by Gasteiger charge is 2.17. The second-order valence-corrected chi connectivity index (χ2v) is 7.91. The number of nitrogens with zero attached hydrogens (tertiary/aromatic N) is 3. The SMILES string of the molecule is CCNC(=NCCCN1CCCCC1C)NCCC(=O)N(C)Cc1ccccc1.I. The molecule has 1 heterocycles. The van der Waals surface area contributed by atoms with Crippen LogP contribution in [-0.2, 0) is 11.3 Å². The maximum absolute atomic E-state index is 12.4. The maximum Gasteiger partial charge on any atom is 0.224 e. The summed E-state index contributed by atoms with van der Waals surface area (Å²) < 4.78 is 0. The molecule has 2 rings (SSSR count). The topological polar surface area (TPSA) is 60.0 Å². The number of amides is 1. The maximum atomic E-state index is 12.4. The fraction of sp³-hybridized carbons (Fsp3) is 0.652. The van der Waals surface area contributed by atoms with E-state index in [1.54, 1.807) is 4.90 Å². The summed E-state index contributed by atoms with van der Waals surface area (Å²) in [6, 6.07) is 10.8. The zero-order valence-electron chi connectivity index (χ0n) is 18.9. The lowest BCUT2D eigenvalue weighted by Crippen LogP contribution is -2.40. The molecule has 0 bridgehead atoms. The minimum absolute atomic E-state index is 0. The fourth-order valence-electron chi connectivity index (χ4n) is 3.72. The van der Waals surface area contributed by atoms with E-state index in [1.165, 1.54) is 25.8 Å². The van der Waals surface area contributed by atoms with Crippen molar-refractivity contribution in [1.82, 2.24) is 20.4 Å². The third-order valence-corrected chi connectivity index (χ3v) is 5.48. The van der Waals surface area contributed by atoms with Crippen molar-refractivity contribution < 1.29 is 4.79 Å². The van der Waals surface area contributed by atoms with E-state index in [2.05, 4.69) is 34.4 Å². The van der Waals surface area contributed by atoms with Gasteiger partial charge in [0, 0.05) is 52.2 Å². The van der Waals surface area contributed by atoms with Crippen LogP contribution in [0.4, 0.5) is 0 Å².